The minimum absolute atomic E-state index is 0.565. The fourth-order valence-electron chi connectivity index (χ4n) is 1.25. The Labute approximate surface area is 102 Å². The summed E-state index contributed by atoms with van der Waals surface area (Å²) in [7, 11) is 1.59. The predicted octanol–water partition coefficient (Wildman–Crippen LogP) is 2.76. The van der Waals surface area contributed by atoms with E-state index in [-0.39, 0.29) is 0 Å². The summed E-state index contributed by atoms with van der Waals surface area (Å²) >= 11 is 2.19. The Kier molecular flexibility index (Phi) is 3.15. The molecule has 15 heavy (non-hydrogen) atoms. The quantitative estimate of drug-likeness (QED) is 0.800. The number of ether oxygens (including phenoxy) is 1. The van der Waals surface area contributed by atoms with Crippen molar-refractivity contribution in [1.29, 1.82) is 0 Å². The van der Waals surface area contributed by atoms with Gasteiger partial charge in [-0.25, -0.2) is 0 Å². The number of rotatable bonds is 2. The van der Waals surface area contributed by atoms with Crippen molar-refractivity contribution in [2.45, 2.75) is 0 Å². The molecule has 1 aromatic carbocycles. The van der Waals surface area contributed by atoms with Gasteiger partial charge in [0.1, 0.15) is 0 Å². The first-order valence-corrected chi connectivity index (χ1v) is 5.52. The van der Waals surface area contributed by atoms with Crippen molar-refractivity contribution in [3.05, 3.63) is 40.0 Å². The van der Waals surface area contributed by atoms with Gasteiger partial charge in [0.2, 0.25) is 5.88 Å². The molecule has 1 heterocycles. The third-order valence-electron chi connectivity index (χ3n) is 1.98. The smallest absolute Gasteiger partial charge is 0.246 e. The second kappa shape index (κ2) is 4.57. The Hall–Kier alpha value is -1.17. The normalized spacial score (nSPS) is 10.0. The maximum absolute atomic E-state index is 5.05. The van der Waals surface area contributed by atoms with Crippen molar-refractivity contribution < 1.29 is 4.74 Å². The van der Waals surface area contributed by atoms with E-state index in [1.165, 1.54) is 0 Å². The molecule has 0 spiro atoms. The van der Waals surface area contributed by atoms with E-state index in [0.717, 1.165) is 14.8 Å². The highest BCUT2D eigenvalue weighted by Gasteiger charge is 2.05. The summed E-state index contributed by atoms with van der Waals surface area (Å²) < 4.78 is 6.02. The SMILES string of the molecule is COc1nnc(-c2ccccc2)cc1I. The highest BCUT2D eigenvalue weighted by molar-refractivity contribution is 14.1. The summed E-state index contributed by atoms with van der Waals surface area (Å²) in [5, 5.41) is 8.09. The number of hydrogen-bond donors (Lipinski definition) is 0. The zero-order chi connectivity index (χ0) is 10.7. The summed E-state index contributed by atoms with van der Waals surface area (Å²) in [6.45, 7) is 0. The first-order valence-electron chi connectivity index (χ1n) is 4.44. The Balaban J connectivity index is 2.43. The van der Waals surface area contributed by atoms with Crippen LogP contribution in [0.3, 0.4) is 0 Å². The van der Waals surface area contributed by atoms with Crippen LogP contribution in [0.2, 0.25) is 0 Å². The fourth-order valence-corrected chi connectivity index (χ4v) is 1.87. The van der Waals surface area contributed by atoms with Gasteiger partial charge in [-0.2, -0.15) is 0 Å². The molecule has 2 aromatic rings. The molecule has 0 N–H and O–H groups in total. The van der Waals surface area contributed by atoms with Crippen LogP contribution in [0.4, 0.5) is 0 Å². The van der Waals surface area contributed by atoms with Crippen LogP contribution < -0.4 is 4.74 Å². The molecule has 76 valence electrons. The van der Waals surface area contributed by atoms with E-state index in [1.807, 2.05) is 36.4 Å². The van der Waals surface area contributed by atoms with Gasteiger partial charge in [0.15, 0.2) is 0 Å². The van der Waals surface area contributed by atoms with Crippen molar-refractivity contribution >= 4 is 22.6 Å². The lowest BCUT2D eigenvalue weighted by atomic mass is 10.1. The molecule has 0 atom stereocenters. The highest BCUT2D eigenvalue weighted by atomic mass is 127. The van der Waals surface area contributed by atoms with Crippen LogP contribution in [-0.2, 0) is 0 Å². The number of nitrogens with zero attached hydrogens (tertiary/aromatic N) is 2. The highest BCUT2D eigenvalue weighted by Crippen LogP contribution is 2.22. The van der Waals surface area contributed by atoms with E-state index in [4.69, 9.17) is 4.74 Å². The molecule has 0 aliphatic rings. The van der Waals surface area contributed by atoms with Gasteiger partial charge < -0.3 is 4.74 Å². The number of halogens is 1. The van der Waals surface area contributed by atoms with Crippen LogP contribution in [0.5, 0.6) is 5.88 Å². The summed E-state index contributed by atoms with van der Waals surface area (Å²) in [4.78, 5) is 0. The maximum Gasteiger partial charge on any atom is 0.246 e. The van der Waals surface area contributed by atoms with Crippen LogP contribution in [0.1, 0.15) is 0 Å². The molecule has 0 fully saturated rings. The molecule has 0 amide bonds. The molecule has 4 heteroatoms. The number of aromatic nitrogens is 2. The van der Waals surface area contributed by atoms with Crippen LogP contribution >= 0.6 is 22.6 Å². The Bertz CT molecular complexity index is 459. The standard InChI is InChI=1S/C11H9IN2O/c1-15-11-9(12)7-10(13-14-11)8-5-3-2-4-6-8/h2-7H,1H3. The molecule has 0 saturated carbocycles. The van der Waals surface area contributed by atoms with E-state index >= 15 is 0 Å². The van der Waals surface area contributed by atoms with Crippen LogP contribution in [0.25, 0.3) is 11.3 Å². The van der Waals surface area contributed by atoms with Gasteiger partial charge in [-0.15, -0.1) is 10.2 Å². The van der Waals surface area contributed by atoms with Gasteiger partial charge in [-0.3, -0.25) is 0 Å². The topological polar surface area (TPSA) is 35.0 Å². The van der Waals surface area contributed by atoms with E-state index in [0.29, 0.717) is 5.88 Å². The second-order valence-electron chi connectivity index (χ2n) is 2.95. The number of benzene rings is 1. The van der Waals surface area contributed by atoms with Crippen molar-refractivity contribution in [2.75, 3.05) is 7.11 Å². The lowest BCUT2D eigenvalue weighted by Crippen LogP contribution is -1.95. The molecule has 0 aliphatic heterocycles. The number of hydrogen-bond acceptors (Lipinski definition) is 3. The van der Waals surface area contributed by atoms with Gasteiger partial charge in [-0.05, 0) is 28.7 Å². The van der Waals surface area contributed by atoms with Crippen LogP contribution in [0, 0.1) is 3.57 Å². The predicted molar refractivity (Wildman–Crippen MR) is 66.7 cm³/mol. The maximum atomic E-state index is 5.05. The van der Waals surface area contributed by atoms with Gasteiger partial charge in [0.25, 0.3) is 0 Å². The van der Waals surface area contributed by atoms with Crippen molar-refractivity contribution in [3.63, 3.8) is 0 Å². The lowest BCUT2D eigenvalue weighted by Gasteiger charge is -2.03. The van der Waals surface area contributed by atoms with Crippen molar-refractivity contribution in [2.24, 2.45) is 0 Å². The molecule has 0 saturated heterocycles. The van der Waals surface area contributed by atoms with Gasteiger partial charge >= 0.3 is 0 Å². The zero-order valence-electron chi connectivity index (χ0n) is 8.14. The van der Waals surface area contributed by atoms with Gasteiger partial charge in [0, 0.05) is 5.56 Å². The molecule has 0 bridgehead atoms. The Morgan fingerprint density at radius 3 is 2.47 bits per heavy atom. The largest absolute Gasteiger partial charge is 0.479 e. The molecule has 0 radical (unpaired) electrons. The average molecular weight is 312 g/mol. The van der Waals surface area contributed by atoms with Gasteiger partial charge in [-0.1, -0.05) is 30.3 Å². The summed E-state index contributed by atoms with van der Waals surface area (Å²) in [5.41, 5.74) is 1.92. The second-order valence-corrected chi connectivity index (χ2v) is 4.12. The van der Waals surface area contributed by atoms with E-state index in [1.54, 1.807) is 7.11 Å². The first kappa shape index (κ1) is 10.4. The molecular weight excluding hydrogens is 303 g/mol. The van der Waals surface area contributed by atoms with Crippen molar-refractivity contribution in [1.82, 2.24) is 10.2 Å². The number of methoxy groups -OCH3 is 1. The lowest BCUT2D eigenvalue weighted by molar-refractivity contribution is 0.389. The third kappa shape index (κ3) is 2.26. The monoisotopic (exact) mass is 312 g/mol. The Morgan fingerprint density at radius 1 is 1.13 bits per heavy atom. The summed E-state index contributed by atoms with van der Waals surface area (Å²) in [6, 6.07) is 11.9. The average Bonchev–Trinajstić information content (AvgIpc) is 2.30. The van der Waals surface area contributed by atoms with Crippen LogP contribution in [0.15, 0.2) is 36.4 Å². The summed E-state index contributed by atoms with van der Waals surface area (Å²) in [6.07, 6.45) is 0. The molecule has 3 nitrogen and oxygen atoms in total. The van der Waals surface area contributed by atoms with E-state index in [2.05, 4.69) is 32.8 Å². The first-order chi connectivity index (χ1) is 7.31. The molecule has 1 aromatic heterocycles. The Morgan fingerprint density at radius 2 is 1.87 bits per heavy atom. The zero-order valence-corrected chi connectivity index (χ0v) is 10.3. The van der Waals surface area contributed by atoms with E-state index in [9.17, 15) is 0 Å². The van der Waals surface area contributed by atoms with Crippen molar-refractivity contribution in [3.8, 4) is 17.1 Å². The minimum Gasteiger partial charge on any atom is -0.479 e. The molecular formula is C11H9IN2O. The molecule has 2 rings (SSSR count). The van der Waals surface area contributed by atoms with Gasteiger partial charge in [0.05, 0.1) is 16.4 Å². The third-order valence-corrected chi connectivity index (χ3v) is 2.75. The van der Waals surface area contributed by atoms with E-state index < -0.39 is 0 Å². The van der Waals surface area contributed by atoms with Crippen LogP contribution in [-0.4, -0.2) is 17.3 Å². The fraction of sp³-hybridized carbons (Fsp3) is 0.0909. The minimum atomic E-state index is 0.565. The molecule has 0 aliphatic carbocycles. The molecule has 0 unspecified atom stereocenters. The summed E-state index contributed by atoms with van der Waals surface area (Å²) in [5.74, 6) is 0.565.